The van der Waals surface area contributed by atoms with Crippen molar-refractivity contribution in [3.63, 3.8) is 0 Å². The first-order chi connectivity index (χ1) is 9.29. The molecule has 2 rings (SSSR count). The van der Waals surface area contributed by atoms with Crippen molar-refractivity contribution in [2.75, 3.05) is 26.8 Å². The zero-order valence-electron chi connectivity index (χ0n) is 11.4. The third-order valence-corrected chi connectivity index (χ3v) is 3.46. The zero-order valence-corrected chi connectivity index (χ0v) is 11.4. The fraction of sp³-hybridized carbons (Fsp3) is 0.533. The van der Waals surface area contributed by atoms with Gasteiger partial charge in [0.25, 0.3) is 0 Å². The van der Waals surface area contributed by atoms with Gasteiger partial charge in [0, 0.05) is 20.2 Å². The van der Waals surface area contributed by atoms with Gasteiger partial charge in [-0.3, -0.25) is 4.79 Å². The van der Waals surface area contributed by atoms with Crippen molar-refractivity contribution in [2.24, 2.45) is 0 Å². The van der Waals surface area contributed by atoms with E-state index in [0.29, 0.717) is 19.1 Å². The molecule has 1 aromatic carbocycles. The van der Waals surface area contributed by atoms with Gasteiger partial charge in [0.1, 0.15) is 5.75 Å². The predicted molar refractivity (Wildman–Crippen MR) is 73.2 cm³/mol. The van der Waals surface area contributed by atoms with Gasteiger partial charge in [-0.05, 0) is 25.0 Å². The minimum atomic E-state index is 0.172. The van der Waals surface area contributed by atoms with E-state index in [9.17, 15) is 4.79 Å². The van der Waals surface area contributed by atoms with Crippen molar-refractivity contribution in [3.05, 3.63) is 30.3 Å². The van der Waals surface area contributed by atoms with E-state index in [1.54, 1.807) is 7.11 Å². The Labute approximate surface area is 114 Å². The molecule has 104 valence electrons. The summed E-state index contributed by atoms with van der Waals surface area (Å²) in [6, 6.07) is 9.58. The maximum atomic E-state index is 12.0. The Morgan fingerprint density at radius 1 is 1.26 bits per heavy atom. The molecule has 19 heavy (non-hydrogen) atoms. The first-order valence-electron chi connectivity index (χ1n) is 6.78. The van der Waals surface area contributed by atoms with Crippen LogP contribution in [0.2, 0.25) is 0 Å². The number of hydrogen-bond donors (Lipinski definition) is 0. The van der Waals surface area contributed by atoms with E-state index in [4.69, 9.17) is 9.47 Å². The molecule has 1 aliphatic heterocycles. The van der Waals surface area contributed by atoms with Gasteiger partial charge in [-0.2, -0.15) is 0 Å². The van der Waals surface area contributed by atoms with Crippen LogP contribution in [-0.4, -0.2) is 43.7 Å². The summed E-state index contributed by atoms with van der Waals surface area (Å²) in [6.07, 6.45) is 2.61. The molecule has 0 radical (unpaired) electrons. The van der Waals surface area contributed by atoms with Crippen LogP contribution in [0, 0.1) is 0 Å². The number of rotatable bonds is 5. The molecule has 0 bridgehead atoms. The molecule has 0 aliphatic carbocycles. The fourth-order valence-corrected chi connectivity index (χ4v) is 2.27. The van der Waals surface area contributed by atoms with Crippen molar-refractivity contribution in [1.82, 2.24) is 4.90 Å². The quantitative estimate of drug-likeness (QED) is 0.816. The highest BCUT2D eigenvalue weighted by Crippen LogP contribution is 2.14. The first-order valence-corrected chi connectivity index (χ1v) is 6.78. The summed E-state index contributed by atoms with van der Waals surface area (Å²) in [6.45, 7) is 2.03. The monoisotopic (exact) mass is 263 g/mol. The van der Waals surface area contributed by atoms with Crippen molar-refractivity contribution in [1.29, 1.82) is 0 Å². The number of ether oxygens (including phenoxy) is 2. The van der Waals surface area contributed by atoms with E-state index >= 15 is 0 Å². The lowest BCUT2D eigenvalue weighted by atomic mass is 10.1. The SMILES string of the molecule is COC1CCN(C(=O)CCOc2ccccc2)CC1. The number of methoxy groups -OCH3 is 1. The largest absolute Gasteiger partial charge is 0.493 e. The third kappa shape index (κ3) is 4.24. The summed E-state index contributed by atoms with van der Waals surface area (Å²) in [5.74, 6) is 0.985. The summed E-state index contributed by atoms with van der Waals surface area (Å²) in [5, 5.41) is 0. The van der Waals surface area contributed by atoms with Crippen molar-refractivity contribution >= 4 is 5.91 Å². The zero-order chi connectivity index (χ0) is 13.5. The Hall–Kier alpha value is -1.55. The van der Waals surface area contributed by atoms with Crippen LogP contribution in [0.3, 0.4) is 0 Å². The van der Waals surface area contributed by atoms with Gasteiger partial charge in [-0.25, -0.2) is 0 Å². The predicted octanol–water partition coefficient (Wildman–Crippen LogP) is 2.09. The molecule has 0 saturated carbocycles. The topological polar surface area (TPSA) is 38.8 Å². The van der Waals surface area contributed by atoms with Crippen LogP contribution in [0.15, 0.2) is 30.3 Å². The normalized spacial score (nSPS) is 16.4. The average Bonchev–Trinajstić information content (AvgIpc) is 2.48. The number of para-hydroxylation sites is 1. The highest BCUT2D eigenvalue weighted by molar-refractivity contribution is 5.76. The smallest absolute Gasteiger partial charge is 0.226 e. The average molecular weight is 263 g/mol. The molecule has 0 N–H and O–H groups in total. The molecule has 1 aromatic rings. The minimum Gasteiger partial charge on any atom is -0.493 e. The van der Waals surface area contributed by atoms with Gasteiger partial charge >= 0.3 is 0 Å². The van der Waals surface area contributed by atoms with Crippen LogP contribution in [0.4, 0.5) is 0 Å². The number of amides is 1. The van der Waals surface area contributed by atoms with Crippen molar-refractivity contribution < 1.29 is 14.3 Å². The molecular formula is C15H21NO3. The van der Waals surface area contributed by atoms with Gasteiger partial charge in [0.15, 0.2) is 0 Å². The molecule has 1 fully saturated rings. The number of likely N-dealkylation sites (tertiary alicyclic amines) is 1. The second-order valence-corrected chi connectivity index (χ2v) is 4.73. The van der Waals surface area contributed by atoms with Gasteiger partial charge in [-0.1, -0.05) is 18.2 Å². The van der Waals surface area contributed by atoms with E-state index < -0.39 is 0 Å². The molecule has 1 amide bonds. The summed E-state index contributed by atoms with van der Waals surface area (Å²) < 4.78 is 10.8. The van der Waals surface area contributed by atoms with Crippen molar-refractivity contribution in [3.8, 4) is 5.75 Å². The van der Waals surface area contributed by atoms with Crippen LogP contribution in [-0.2, 0) is 9.53 Å². The Morgan fingerprint density at radius 2 is 1.95 bits per heavy atom. The molecule has 1 saturated heterocycles. The first kappa shape index (κ1) is 13.9. The maximum absolute atomic E-state index is 12.0. The number of piperidine rings is 1. The molecule has 1 heterocycles. The lowest BCUT2D eigenvalue weighted by molar-refractivity contribution is -0.134. The molecule has 0 aromatic heterocycles. The number of carbonyl (C=O) groups excluding carboxylic acids is 1. The van der Waals surface area contributed by atoms with E-state index in [-0.39, 0.29) is 5.91 Å². The lowest BCUT2D eigenvalue weighted by Crippen LogP contribution is -2.41. The minimum absolute atomic E-state index is 0.172. The molecule has 0 atom stereocenters. The number of hydrogen-bond acceptors (Lipinski definition) is 3. The van der Waals surface area contributed by atoms with Crippen molar-refractivity contribution in [2.45, 2.75) is 25.4 Å². The fourth-order valence-electron chi connectivity index (χ4n) is 2.27. The summed E-state index contributed by atoms with van der Waals surface area (Å²) >= 11 is 0. The molecule has 0 unspecified atom stereocenters. The van der Waals surface area contributed by atoms with E-state index in [0.717, 1.165) is 31.7 Å². The Bertz CT molecular complexity index is 386. The van der Waals surface area contributed by atoms with Crippen LogP contribution >= 0.6 is 0 Å². The van der Waals surface area contributed by atoms with Crippen LogP contribution in [0.1, 0.15) is 19.3 Å². The summed E-state index contributed by atoms with van der Waals surface area (Å²) in [7, 11) is 1.73. The Kier molecular flexibility index (Phi) is 5.21. The Morgan fingerprint density at radius 3 is 2.58 bits per heavy atom. The van der Waals surface area contributed by atoms with Gasteiger partial charge in [0.05, 0.1) is 19.1 Å². The number of nitrogens with zero attached hydrogens (tertiary/aromatic N) is 1. The summed E-state index contributed by atoms with van der Waals surface area (Å²) in [4.78, 5) is 13.9. The van der Waals surface area contributed by atoms with E-state index in [1.165, 1.54) is 0 Å². The highest BCUT2D eigenvalue weighted by Gasteiger charge is 2.22. The lowest BCUT2D eigenvalue weighted by Gasteiger charge is -2.31. The van der Waals surface area contributed by atoms with Crippen LogP contribution in [0.25, 0.3) is 0 Å². The second-order valence-electron chi connectivity index (χ2n) is 4.73. The van der Waals surface area contributed by atoms with Gasteiger partial charge in [-0.15, -0.1) is 0 Å². The molecule has 1 aliphatic rings. The van der Waals surface area contributed by atoms with Crippen LogP contribution < -0.4 is 4.74 Å². The number of carbonyl (C=O) groups is 1. The maximum Gasteiger partial charge on any atom is 0.226 e. The third-order valence-electron chi connectivity index (χ3n) is 3.46. The van der Waals surface area contributed by atoms with Gasteiger partial charge < -0.3 is 14.4 Å². The molecule has 4 nitrogen and oxygen atoms in total. The molecular weight excluding hydrogens is 242 g/mol. The highest BCUT2D eigenvalue weighted by atomic mass is 16.5. The number of benzene rings is 1. The standard InChI is InChI=1S/C15H21NO3/c1-18-13-7-10-16(11-8-13)15(17)9-12-19-14-5-3-2-4-6-14/h2-6,13H,7-12H2,1H3. The van der Waals surface area contributed by atoms with E-state index in [2.05, 4.69) is 0 Å². The van der Waals surface area contributed by atoms with Gasteiger partial charge in [0.2, 0.25) is 5.91 Å². The molecule has 4 heteroatoms. The summed E-state index contributed by atoms with van der Waals surface area (Å²) in [5.41, 5.74) is 0. The second kappa shape index (κ2) is 7.14. The Balaban J connectivity index is 1.67. The molecule has 0 spiro atoms. The van der Waals surface area contributed by atoms with E-state index in [1.807, 2.05) is 35.2 Å². The van der Waals surface area contributed by atoms with Crippen LogP contribution in [0.5, 0.6) is 5.75 Å².